The molecule has 4 aromatic rings. The van der Waals surface area contributed by atoms with Gasteiger partial charge in [-0.25, -0.2) is 17.8 Å². The second-order valence-electron chi connectivity index (χ2n) is 8.02. The average molecular weight is 483 g/mol. The van der Waals surface area contributed by atoms with Crippen molar-refractivity contribution in [1.82, 2.24) is 13.7 Å². The Morgan fingerprint density at radius 2 is 1.70 bits per heavy atom. The number of rotatable bonds is 5. The third-order valence-corrected chi connectivity index (χ3v) is 8.60. The van der Waals surface area contributed by atoms with Gasteiger partial charge in [-0.1, -0.05) is 48.5 Å². The molecule has 2 heterocycles. The van der Waals surface area contributed by atoms with Crippen LogP contribution in [0, 0.1) is 5.82 Å². The lowest BCUT2D eigenvalue weighted by molar-refractivity contribution is 0.433. The predicted octanol–water partition coefficient (Wildman–Crippen LogP) is 4.32. The molecule has 0 aliphatic carbocycles. The Kier molecular flexibility index (Phi) is 6.09. The normalized spacial score (nSPS) is 15.6. The van der Waals surface area contributed by atoms with E-state index in [4.69, 9.17) is 0 Å². The molecule has 33 heavy (non-hydrogen) atoms. The number of halogens is 1. The fourth-order valence-electron chi connectivity index (χ4n) is 4.11. The van der Waals surface area contributed by atoms with E-state index in [0.29, 0.717) is 49.7 Å². The third-order valence-electron chi connectivity index (χ3n) is 5.83. The first-order chi connectivity index (χ1) is 16.0. The van der Waals surface area contributed by atoms with Crippen LogP contribution < -0.4 is 4.90 Å². The Morgan fingerprint density at radius 3 is 2.55 bits per heavy atom. The first-order valence-corrected chi connectivity index (χ1v) is 13.0. The van der Waals surface area contributed by atoms with Gasteiger partial charge in [0.25, 0.3) is 0 Å². The Labute approximate surface area is 196 Å². The largest absolute Gasteiger partial charge is 0.345 e. The number of aromatic nitrogens is 2. The van der Waals surface area contributed by atoms with E-state index in [1.807, 2.05) is 30.3 Å². The SMILES string of the molecule is O=S(=O)(c1cccc2ccccc12)N1CCCN(c2nc(Cc3ccc(F)cc3)ns2)CC1. The summed E-state index contributed by atoms with van der Waals surface area (Å²) >= 11 is 1.32. The van der Waals surface area contributed by atoms with E-state index >= 15 is 0 Å². The molecule has 0 atom stereocenters. The highest BCUT2D eigenvalue weighted by Crippen LogP contribution is 2.27. The van der Waals surface area contributed by atoms with E-state index in [1.165, 1.54) is 23.7 Å². The molecule has 0 amide bonds. The molecule has 6 nitrogen and oxygen atoms in total. The van der Waals surface area contributed by atoms with Crippen LogP contribution >= 0.6 is 11.5 Å². The van der Waals surface area contributed by atoms with Crippen LogP contribution in [0.2, 0.25) is 0 Å². The number of hydrogen-bond donors (Lipinski definition) is 0. The summed E-state index contributed by atoms with van der Waals surface area (Å²) in [5, 5.41) is 2.45. The molecule has 170 valence electrons. The monoisotopic (exact) mass is 482 g/mol. The molecule has 0 unspecified atom stereocenters. The molecule has 0 radical (unpaired) electrons. The minimum atomic E-state index is -3.61. The Balaban J connectivity index is 1.31. The van der Waals surface area contributed by atoms with Gasteiger partial charge in [-0.2, -0.15) is 8.68 Å². The predicted molar refractivity (Wildman–Crippen MR) is 129 cm³/mol. The zero-order chi connectivity index (χ0) is 22.8. The van der Waals surface area contributed by atoms with Crippen LogP contribution in [0.5, 0.6) is 0 Å². The van der Waals surface area contributed by atoms with Crippen molar-refractivity contribution < 1.29 is 12.8 Å². The highest BCUT2D eigenvalue weighted by molar-refractivity contribution is 7.89. The van der Waals surface area contributed by atoms with Gasteiger partial charge in [-0.05, 0) is 35.6 Å². The van der Waals surface area contributed by atoms with E-state index in [1.54, 1.807) is 28.6 Å². The lowest BCUT2D eigenvalue weighted by atomic mass is 10.1. The topological polar surface area (TPSA) is 66.4 Å². The molecule has 0 N–H and O–H groups in total. The van der Waals surface area contributed by atoms with Crippen LogP contribution in [0.3, 0.4) is 0 Å². The van der Waals surface area contributed by atoms with Crippen LogP contribution in [0.15, 0.2) is 71.6 Å². The molecule has 0 bridgehead atoms. The van der Waals surface area contributed by atoms with Crippen LogP contribution in [-0.4, -0.2) is 48.3 Å². The van der Waals surface area contributed by atoms with Crippen LogP contribution in [-0.2, 0) is 16.4 Å². The summed E-state index contributed by atoms with van der Waals surface area (Å²) in [6, 6.07) is 19.3. The zero-order valence-corrected chi connectivity index (χ0v) is 19.5. The molecule has 0 saturated carbocycles. The fraction of sp³-hybridized carbons (Fsp3) is 0.250. The van der Waals surface area contributed by atoms with E-state index in [2.05, 4.69) is 14.3 Å². The number of anilines is 1. The average Bonchev–Trinajstić information content (AvgIpc) is 3.14. The molecule has 0 spiro atoms. The van der Waals surface area contributed by atoms with Crippen molar-refractivity contribution in [3.8, 4) is 0 Å². The summed E-state index contributed by atoms with van der Waals surface area (Å²) in [7, 11) is -3.61. The van der Waals surface area contributed by atoms with E-state index in [9.17, 15) is 12.8 Å². The summed E-state index contributed by atoms with van der Waals surface area (Å²) in [5.74, 6) is 0.421. The Hall–Kier alpha value is -2.88. The van der Waals surface area contributed by atoms with Crippen molar-refractivity contribution in [3.63, 3.8) is 0 Å². The van der Waals surface area contributed by atoms with Crippen molar-refractivity contribution in [2.45, 2.75) is 17.7 Å². The smallest absolute Gasteiger partial charge is 0.243 e. The minimum absolute atomic E-state index is 0.266. The molecule has 9 heteroatoms. The van der Waals surface area contributed by atoms with Crippen molar-refractivity contribution in [2.24, 2.45) is 0 Å². The van der Waals surface area contributed by atoms with Gasteiger partial charge >= 0.3 is 0 Å². The molecular weight excluding hydrogens is 459 g/mol. The van der Waals surface area contributed by atoms with Gasteiger partial charge in [-0.15, -0.1) is 0 Å². The number of nitrogens with zero attached hydrogens (tertiary/aromatic N) is 4. The number of sulfonamides is 1. The van der Waals surface area contributed by atoms with Gasteiger partial charge in [0.1, 0.15) is 11.6 Å². The lowest BCUT2D eigenvalue weighted by Crippen LogP contribution is -2.35. The van der Waals surface area contributed by atoms with Gasteiger partial charge in [0.05, 0.1) is 4.90 Å². The lowest BCUT2D eigenvalue weighted by Gasteiger charge is -2.22. The number of fused-ring (bicyclic) bond motifs is 1. The molecule has 1 fully saturated rings. The molecule has 1 aliphatic rings. The summed E-state index contributed by atoms with van der Waals surface area (Å²) in [5.41, 5.74) is 0.948. The van der Waals surface area contributed by atoms with Gasteiger partial charge in [0.2, 0.25) is 15.2 Å². The molecule has 1 aromatic heterocycles. The van der Waals surface area contributed by atoms with Crippen molar-refractivity contribution in [1.29, 1.82) is 0 Å². The van der Waals surface area contributed by atoms with Gasteiger partial charge < -0.3 is 4.90 Å². The third kappa shape index (κ3) is 4.62. The summed E-state index contributed by atoms with van der Waals surface area (Å²) in [6.45, 7) is 2.11. The maximum atomic E-state index is 13.5. The zero-order valence-electron chi connectivity index (χ0n) is 17.9. The number of benzene rings is 3. The highest BCUT2D eigenvalue weighted by Gasteiger charge is 2.29. The first kappa shape index (κ1) is 21.9. The quantitative estimate of drug-likeness (QED) is 0.424. The maximum absolute atomic E-state index is 13.5. The summed E-state index contributed by atoms with van der Waals surface area (Å²) in [4.78, 5) is 7.11. The van der Waals surface area contributed by atoms with Crippen LogP contribution in [0.4, 0.5) is 9.52 Å². The minimum Gasteiger partial charge on any atom is -0.345 e. The van der Waals surface area contributed by atoms with Crippen molar-refractivity contribution in [2.75, 3.05) is 31.1 Å². The first-order valence-electron chi connectivity index (χ1n) is 10.8. The van der Waals surface area contributed by atoms with E-state index < -0.39 is 10.0 Å². The van der Waals surface area contributed by atoms with Gasteiger partial charge in [0, 0.05) is 49.5 Å². The molecule has 3 aromatic carbocycles. The summed E-state index contributed by atoms with van der Waals surface area (Å²) < 4.78 is 46.1. The second-order valence-corrected chi connectivity index (χ2v) is 10.7. The van der Waals surface area contributed by atoms with Crippen molar-refractivity contribution >= 4 is 37.5 Å². The van der Waals surface area contributed by atoms with Gasteiger partial charge in [0.15, 0.2) is 0 Å². The van der Waals surface area contributed by atoms with Crippen molar-refractivity contribution in [3.05, 3.63) is 83.9 Å². The molecule has 1 saturated heterocycles. The van der Waals surface area contributed by atoms with Gasteiger partial charge in [-0.3, -0.25) is 0 Å². The fourth-order valence-corrected chi connectivity index (χ4v) is 6.54. The highest BCUT2D eigenvalue weighted by atomic mass is 32.2. The molecular formula is C24H23FN4O2S2. The van der Waals surface area contributed by atoms with Crippen LogP contribution in [0.25, 0.3) is 10.8 Å². The molecule has 5 rings (SSSR count). The Bertz CT molecular complexity index is 1370. The van der Waals surface area contributed by atoms with Crippen LogP contribution in [0.1, 0.15) is 17.8 Å². The number of hydrogen-bond acceptors (Lipinski definition) is 6. The van der Waals surface area contributed by atoms with E-state index in [0.717, 1.165) is 21.5 Å². The standard InChI is InChI=1S/C24H23FN4O2S2/c25-20-11-9-18(10-12-20)17-23-26-24(32-27-23)28-13-4-14-29(16-15-28)33(30,31)22-8-3-6-19-5-1-2-7-21(19)22/h1-3,5-12H,4,13-17H2. The Morgan fingerprint density at radius 1 is 0.909 bits per heavy atom. The maximum Gasteiger partial charge on any atom is 0.243 e. The second kappa shape index (κ2) is 9.17. The molecule has 1 aliphatic heterocycles. The van der Waals surface area contributed by atoms with E-state index in [-0.39, 0.29) is 5.82 Å². The summed E-state index contributed by atoms with van der Waals surface area (Å²) in [6.07, 6.45) is 1.24.